The van der Waals surface area contributed by atoms with Gasteiger partial charge in [-0.05, 0) is 24.3 Å². The van der Waals surface area contributed by atoms with Gasteiger partial charge in [-0.25, -0.2) is 0 Å². The summed E-state index contributed by atoms with van der Waals surface area (Å²) in [4.78, 5) is 14.1. The quantitative estimate of drug-likeness (QED) is 0.896. The van der Waals surface area contributed by atoms with Gasteiger partial charge in [-0.1, -0.05) is 0 Å². The molecule has 102 valence electrons. The minimum absolute atomic E-state index is 0.425. The van der Waals surface area contributed by atoms with E-state index in [1.165, 1.54) is 0 Å². The molecule has 19 heavy (non-hydrogen) atoms. The smallest absolute Gasteiger partial charge is 0.405 e. The van der Waals surface area contributed by atoms with E-state index in [1.54, 1.807) is 29.7 Å². The number of nitrogens with one attached hydrogen (secondary N) is 2. The molecule has 1 aromatic carbocycles. The summed E-state index contributed by atoms with van der Waals surface area (Å²) >= 11 is 0. The zero-order valence-corrected chi connectivity index (χ0v) is 9.75. The van der Waals surface area contributed by atoms with Gasteiger partial charge in [-0.15, -0.1) is 0 Å². The van der Waals surface area contributed by atoms with E-state index >= 15 is 0 Å². The van der Waals surface area contributed by atoms with Crippen LogP contribution in [0.3, 0.4) is 0 Å². The fourth-order valence-electron chi connectivity index (χ4n) is 1.52. The van der Waals surface area contributed by atoms with Crippen LogP contribution in [0.1, 0.15) is 0 Å². The average Bonchev–Trinajstić information content (AvgIpc) is 2.80. The van der Waals surface area contributed by atoms with Gasteiger partial charge in [0.1, 0.15) is 12.3 Å². The molecule has 0 aliphatic heterocycles. The first kappa shape index (κ1) is 13.3. The van der Waals surface area contributed by atoms with E-state index in [0.29, 0.717) is 5.75 Å². The molecule has 0 saturated carbocycles. The SMILES string of the molecule is O=C(COc1ccc2[nH]ccc2c1)NCC(F)(F)F. The Morgan fingerprint density at radius 1 is 1.32 bits per heavy atom. The lowest BCUT2D eigenvalue weighted by Crippen LogP contribution is -2.36. The Labute approximate surface area is 106 Å². The number of rotatable bonds is 4. The van der Waals surface area contributed by atoms with Crippen LogP contribution in [-0.4, -0.2) is 30.2 Å². The molecular weight excluding hydrogens is 261 g/mol. The topological polar surface area (TPSA) is 54.1 Å². The number of aromatic nitrogens is 1. The Bertz CT molecular complexity index is 578. The third-order valence-electron chi connectivity index (χ3n) is 2.38. The summed E-state index contributed by atoms with van der Waals surface area (Å²) in [6, 6.07) is 6.92. The monoisotopic (exact) mass is 272 g/mol. The number of aromatic amines is 1. The van der Waals surface area contributed by atoms with Gasteiger partial charge < -0.3 is 15.0 Å². The van der Waals surface area contributed by atoms with Crippen LogP contribution in [-0.2, 0) is 4.79 Å². The van der Waals surface area contributed by atoms with Gasteiger partial charge >= 0.3 is 6.18 Å². The maximum atomic E-state index is 11.9. The van der Waals surface area contributed by atoms with Crippen LogP contribution in [0, 0.1) is 0 Å². The predicted molar refractivity (Wildman–Crippen MR) is 62.9 cm³/mol. The molecule has 0 fully saturated rings. The molecule has 0 unspecified atom stereocenters. The van der Waals surface area contributed by atoms with E-state index in [0.717, 1.165) is 10.9 Å². The normalized spacial score (nSPS) is 11.5. The number of ether oxygens (including phenoxy) is 1. The van der Waals surface area contributed by atoms with E-state index in [4.69, 9.17) is 4.74 Å². The van der Waals surface area contributed by atoms with Crippen molar-refractivity contribution in [3.63, 3.8) is 0 Å². The van der Waals surface area contributed by atoms with Crippen molar-refractivity contribution < 1.29 is 22.7 Å². The first-order valence-electron chi connectivity index (χ1n) is 5.47. The fraction of sp³-hybridized carbons (Fsp3) is 0.250. The van der Waals surface area contributed by atoms with Gasteiger partial charge in [0.05, 0.1) is 0 Å². The molecule has 2 N–H and O–H groups in total. The number of carbonyl (C=O) groups is 1. The van der Waals surface area contributed by atoms with Crippen molar-refractivity contribution in [3.8, 4) is 5.75 Å². The van der Waals surface area contributed by atoms with Crippen molar-refractivity contribution in [2.24, 2.45) is 0 Å². The molecule has 2 aromatic rings. The van der Waals surface area contributed by atoms with Crippen molar-refractivity contribution in [1.82, 2.24) is 10.3 Å². The Balaban J connectivity index is 1.86. The van der Waals surface area contributed by atoms with Crippen LogP contribution >= 0.6 is 0 Å². The van der Waals surface area contributed by atoms with E-state index < -0.39 is 25.2 Å². The second-order valence-electron chi connectivity index (χ2n) is 3.91. The summed E-state index contributed by atoms with van der Waals surface area (Å²) in [6.07, 6.45) is -2.66. The van der Waals surface area contributed by atoms with Crippen LogP contribution in [0.15, 0.2) is 30.5 Å². The van der Waals surface area contributed by atoms with Gasteiger partial charge in [0.15, 0.2) is 6.61 Å². The van der Waals surface area contributed by atoms with Crippen LogP contribution in [0.25, 0.3) is 10.9 Å². The summed E-state index contributed by atoms with van der Waals surface area (Å²) in [5.74, 6) is -0.388. The number of alkyl halides is 3. The van der Waals surface area contributed by atoms with Crippen molar-refractivity contribution in [2.75, 3.05) is 13.2 Å². The van der Waals surface area contributed by atoms with Crippen molar-refractivity contribution >= 4 is 16.8 Å². The maximum Gasteiger partial charge on any atom is 0.405 e. The number of amides is 1. The Morgan fingerprint density at radius 2 is 2.11 bits per heavy atom. The first-order valence-corrected chi connectivity index (χ1v) is 5.47. The minimum Gasteiger partial charge on any atom is -0.484 e. The first-order chi connectivity index (χ1) is 8.94. The highest BCUT2D eigenvalue weighted by molar-refractivity contribution is 5.81. The number of hydrogen-bond donors (Lipinski definition) is 2. The molecule has 0 aliphatic rings. The molecule has 7 heteroatoms. The summed E-state index contributed by atoms with van der Waals surface area (Å²) in [7, 11) is 0. The van der Waals surface area contributed by atoms with Crippen molar-refractivity contribution in [1.29, 1.82) is 0 Å². The highest BCUT2D eigenvalue weighted by Gasteiger charge is 2.27. The van der Waals surface area contributed by atoms with Gasteiger partial charge in [0, 0.05) is 17.1 Å². The summed E-state index contributed by atoms with van der Waals surface area (Å²) in [5.41, 5.74) is 0.911. The summed E-state index contributed by atoms with van der Waals surface area (Å²) < 4.78 is 40.7. The van der Waals surface area contributed by atoms with E-state index in [2.05, 4.69) is 4.98 Å². The molecule has 0 atom stereocenters. The largest absolute Gasteiger partial charge is 0.484 e. The number of benzene rings is 1. The van der Waals surface area contributed by atoms with Crippen molar-refractivity contribution in [2.45, 2.75) is 6.18 Å². The molecule has 2 rings (SSSR count). The number of carbonyl (C=O) groups excluding carboxylic acids is 1. The third-order valence-corrected chi connectivity index (χ3v) is 2.38. The average molecular weight is 272 g/mol. The Hall–Kier alpha value is -2.18. The fourth-order valence-corrected chi connectivity index (χ4v) is 1.52. The zero-order chi connectivity index (χ0) is 13.9. The summed E-state index contributed by atoms with van der Waals surface area (Å²) in [6.45, 7) is -1.81. The van der Waals surface area contributed by atoms with Crippen LogP contribution < -0.4 is 10.1 Å². The standard InChI is InChI=1S/C12H11F3N2O2/c13-12(14,15)7-17-11(18)6-19-9-1-2-10-8(5-9)3-4-16-10/h1-5,16H,6-7H2,(H,17,18). The molecule has 1 aromatic heterocycles. The second kappa shape index (κ2) is 5.21. The highest BCUT2D eigenvalue weighted by Crippen LogP contribution is 2.19. The maximum absolute atomic E-state index is 11.9. The number of hydrogen-bond acceptors (Lipinski definition) is 2. The number of halogens is 3. The molecule has 4 nitrogen and oxygen atoms in total. The van der Waals surface area contributed by atoms with Crippen LogP contribution in [0.4, 0.5) is 13.2 Å². The van der Waals surface area contributed by atoms with Gasteiger partial charge in [0.2, 0.25) is 0 Å². The Kier molecular flexibility index (Phi) is 3.64. The zero-order valence-electron chi connectivity index (χ0n) is 9.75. The molecule has 0 radical (unpaired) electrons. The van der Waals surface area contributed by atoms with Crippen LogP contribution in [0.5, 0.6) is 5.75 Å². The molecule has 1 amide bonds. The predicted octanol–water partition coefficient (Wildman–Crippen LogP) is 2.23. The molecule has 0 spiro atoms. The molecule has 0 aliphatic carbocycles. The lowest BCUT2D eigenvalue weighted by atomic mass is 10.2. The Morgan fingerprint density at radius 3 is 2.84 bits per heavy atom. The molecule has 1 heterocycles. The van der Waals surface area contributed by atoms with Crippen LogP contribution in [0.2, 0.25) is 0 Å². The van der Waals surface area contributed by atoms with E-state index in [9.17, 15) is 18.0 Å². The number of H-pyrrole nitrogens is 1. The van der Waals surface area contributed by atoms with Crippen molar-refractivity contribution in [3.05, 3.63) is 30.5 Å². The van der Waals surface area contributed by atoms with Gasteiger partial charge in [0.25, 0.3) is 5.91 Å². The van der Waals surface area contributed by atoms with Gasteiger partial charge in [-0.2, -0.15) is 13.2 Å². The molecular formula is C12H11F3N2O2. The highest BCUT2D eigenvalue weighted by atomic mass is 19.4. The lowest BCUT2D eigenvalue weighted by Gasteiger charge is -2.09. The van der Waals surface area contributed by atoms with E-state index in [1.807, 2.05) is 6.07 Å². The third kappa shape index (κ3) is 3.90. The molecule has 0 saturated heterocycles. The van der Waals surface area contributed by atoms with E-state index in [-0.39, 0.29) is 0 Å². The number of fused-ring (bicyclic) bond motifs is 1. The lowest BCUT2D eigenvalue weighted by molar-refractivity contribution is -0.139. The molecule has 0 bridgehead atoms. The second-order valence-corrected chi connectivity index (χ2v) is 3.91. The minimum atomic E-state index is -4.42. The van der Waals surface area contributed by atoms with Gasteiger partial charge in [-0.3, -0.25) is 4.79 Å². The summed E-state index contributed by atoms with van der Waals surface area (Å²) in [5, 5.41) is 2.63.